The van der Waals surface area contributed by atoms with Crippen LogP contribution in [0.1, 0.15) is 6.23 Å². The van der Waals surface area contributed by atoms with E-state index in [4.69, 9.17) is 9.84 Å². The number of nitrogens with zero attached hydrogens (tertiary/aromatic N) is 3. The van der Waals surface area contributed by atoms with Gasteiger partial charge in [0.2, 0.25) is 0 Å². The van der Waals surface area contributed by atoms with Crippen LogP contribution in [-0.2, 0) is 9.53 Å². The van der Waals surface area contributed by atoms with Gasteiger partial charge in [0.25, 0.3) is 0 Å². The number of aliphatic carboxylic acids is 1. The fourth-order valence-electron chi connectivity index (χ4n) is 2.44. The van der Waals surface area contributed by atoms with Gasteiger partial charge in [0.15, 0.2) is 12.3 Å². The van der Waals surface area contributed by atoms with Crippen LogP contribution in [0, 0.1) is 5.82 Å². The molecule has 0 bridgehead atoms. The molecule has 2 aromatic rings. The van der Waals surface area contributed by atoms with E-state index in [0.29, 0.717) is 11.3 Å². The maximum absolute atomic E-state index is 12.9. The van der Waals surface area contributed by atoms with E-state index in [9.17, 15) is 24.5 Å². The maximum atomic E-state index is 12.9. The third kappa shape index (κ3) is 2.87. The van der Waals surface area contributed by atoms with Gasteiger partial charge in [-0.1, -0.05) is 5.21 Å². The highest BCUT2D eigenvalue weighted by molar-refractivity contribution is 5.73. The fraction of sp³-hybridized carbons (Fsp3) is 0.357. The van der Waals surface area contributed by atoms with Gasteiger partial charge in [0.1, 0.15) is 29.8 Å². The third-order valence-electron chi connectivity index (χ3n) is 3.74. The highest BCUT2D eigenvalue weighted by atomic mass is 19.1. The molecule has 1 aromatic carbocycles. The normalized spacial score (nSPS) is 30.2. The molecule has 0 aliphatic carbocycles. The summed E-state index contributed by atoms with van der Waals surface area (Å²) in [5.41, 5.74) is 0.876. The number of aromatic nitrogens is 3. The summed E-state index contributed by atoms with van der Waals surface area (Å²) in [4.78, 5) is 11.1. The largest absolute Gasteiger partial charge is 0.479 e. The summed E-state index contributed by atoms with van der Waals surface area (Å²) in [5.74, 6) is -1.91. The van der Waals surface area contributed by atoms with Crippen LogP contribution < -0.4 is 0 Å². The van der Waals surface area contributed by atoms with Gasteiger partial charge in [-0.3, -0.25) is 0 Å². The van der Waals surface area contributed by atoms with E-state index >= 15 is 0 Å². The first-order chi connectivity index (χ1) is 11.4. The van der Waals surface area contributed by atoms with Crippen LogP contribution in [-0.4, -0.2) is 65.8 Å². The molecule has 128 valence electrons. The molecule has 1 aliphatic rings. The van der Waals surface area contributed by atoms with Crippen LogP contribution in [0.25, 0.3) is 11.3 Å². The minimum Gasteiger partial charge on any atom is -0.479 e. The SMILES string of the molecule is O=C(O)[C@@H]1O[C@@H](n2cc(-c3ccc(F)cc3)nn2)[C@H](O)[C@@H](O)[C@@H]1O. The molecule has 1 aromatic heterocycles. The quantitative estimate of drug-likeness (QED) is 0.567. The van der Waals surface area contributed by atoms with Crippen molar-refractivity contribution in [2.45, 2.75) is 30.6 Å². The van der Waals surface area contributed by atoms with Gasteiger partial charge in [-0.25, -0.2) is 13.9 Å². The van der Waals surface area contributed by atoms with E-state index in [1.54, 1.807) is 0 Å². The van der Waals surface area contributed by atoms with Crippen molar-refractivity contribution in [3.8, 4) is 11.3 Å². The zero-order chi connectivity index (χ0) is 17.4. The standard InChI is InChI=1S/C14H14FN3O6/c15-7-3-1-6(2-4-7)8-5-18(17-16-8)13-11(21)9(19)10(20)12(24-13)14(22)23/h1-5,9-13,19-21H,(H,22,23)/t9-,10-,11+,12+,13+/m0/s1. The second-order valence-electron chi connectivity index (χ2n) is 5.35. The van der Waals surface area contributed by atoms with Crippen LogP contribution in [0.5, 0.6) is 0 Å². The summed E-state index contributed by atoms with van der Waals surface area (Å²) in [5, 5.41) is 46.1. The predicted octanol–water partition coefficient (Wildman–Crippen LogP) is -0.851. The van der Waals surface area contributed by atoms with Crippen molar-refractivity contribution in [3.63, 3.8) is 0 Å². The summed E-state index contributed by atoms with van der Waals surface area (Å²) in [6.07, 6.45) is -6.86. The lowest BCUT2D eigenvalue weighted by Gasteiger charge is -2.38. The minimum absolute atomic E-state index is 0.332. The summed E-state index contributed by atoms with van der Waals surface area (Å²) in [7, 11) is 0. The van der Waals surface area contributed by atoms with Crippen molar-refractivity contribution >= 4 is 5.97 Å². The molecule has 9 nitrogen and oxygen atoms in total. The van der Waals surface area contributed by atoms with Crippen molar-refractivity contribution in [3.05, 3.63) is 36.3 Å². The average Bonchev–Trinajstić information content (AvgIpc) is 3.03. The molecule has 24 heavy (non-hydrogen) atoms. The maximum Gasteiger partial charge on any atom is 0.335 e. The molecule has 1 aliphatic heterocycles. The molecular weight excluding hydrogens is 325 g/mol. The number of hydrogen-bond acceptors (Lipinski definition) is 7. The number of carboxylic acid groups (broad SMARTS) is 1. The number of halogens is 1. The Labute approximate surface area is 134 Å². The highest BCUT2D eigenvalue weighted by Crippen LogP contribution is 2.29. The Bertz CT molecular complexity index is 736. The third-order valence-corrected chi connectivity index (χ3v) is 3.74. The Balaban J connectivity index is 1.88. The molecule has 4 N–H and O–H groups in total. The second-order valence-corrected chi connectivity index (χ2v) is 5.35. The molecule has 0 unspecified atom stereocenters. The van der Waals surface area contributed by atoms with E-state index in [1.165, 1.54) is 30.5 Å². The number of hydrogen-bond donors (Lipinski definition) is 4. The number of aliphatic hydroxyl groups is 3. The first-order valence-electron chi connectivity index (χ1n) is 6.98. The van der Waals surface area contributed by atoms with Gasteiger partial charge in [-0.2, -0.15) is 0 Å². The average molecular weight is 339 g/mol. The molecule has 0 saturated carbocycles. The Kier molecular flexibility index (Phi) is 4.28. The molecule has 0 radical (unpaired) electrons. The molecular formula is C14H14FN3O6. The van der Waals surface area contributed by atoms with Gasteiger partial charge < -0.3 is 25.2 Å². The van der Waals surface area contributed by atoms with E-state index < -0.39 is 42.4 Å². The Morgan fingerprint density at radius 3 is 2.42 bits per heavy atom. The summed E-state index contributed by atoms with van der Waals surface area (Å²) in [6.45, 7) is 0. The molecule has 1 saturated heterocycles. The van der Waals surface area contributed by atoms with Crippen molar-refractivity contribution in [1.82, 2.24) is 15.0 Å². The lowest BCUT2D eigenvalue weighted by molar-refractivity contribution is -0.249. The Morgan fingerprint density at radius 1 is 1.12 bits per heavy atom. The van der Waals surface area contributed by atoms with E-state index in [-0.39, 0.29) is 0 Å². The minimum atomic E-state index is -1.78. The number of aliphatic hydroxyl groups excluding tert-OH is 3. The number of rotatable bonds is 3. The lowest BCUT2D eigenvalue weighted by atomic mass is 9.98. The molecule has 10 heteroatoms. The summed E-state index contributed by atoms with van der Waals surface area (Å²) < 4.78 is 19.1. The molecule has 3 rings (SSSR count). The van der Waals surface area contributed by atoms with Crippen LogP contribution in [0.2, 0.25) is 0 Å². The Morgan fingerprint density at radius 2 is 1.79 bits per heavy atom. The van der Waals surface area contributed by atoms with Gasteiger partial charge >= 0.3 is 5.97 Å². The summed E-state index contributed by atoms with van der Waals surface area (Å²) >= 11 is 0. The molecule has 1 fully saturated rings. The first-order valence-corrected chi connectivity index (χ1v) is 6.98. The van der Waals surface area contributed by atoms with Crippen molar-refractivity contribution in [2.75, 3.05) is 0 Å². The molecule has 0 amide bonds. The topological polar surface area (TPSA) is 138 Å². The smallest absolute Gasteiger partial charge is 0.335 e. The highest BCUT2D eigenvalue weighted by Gasteiger charge is 2.48. The Hall–Kier alpha value is -2.40. The zero-order valence-corrected chi connectivity index (χ0v) is 12.1. The van der Waals surface area contributed by atoms with Gasteiger partial charge in [0, 0.05) is 5.56 Å². The van der Waals surface area contributed by atoms with Crippen LogP contribution >= 0.6 is 0 Å². The van der Waals surface area contributed by atoms with Crippen LogP contribution in [0.15, 0.2) is 30.5 Å². The van der Waals surface area contributed by atoms with E-state index in [1.807, 2.05) is 0 Å². The molecule has 5 atom stereocenters. The zero-order valence-electron chi connectivity index (χ0n) is 12.1. The number of benzene rings is 1. The van der Waals surface area contributed by atoms with E-state index in [2.05, 4.69) is 10.3 Å². The number of carbonyl (C=O) groups is 1. The second kappa shape index (κ2) is 6.24. The van der Waals surface area contributed by atoms with Crippen LogP contribution in [0.4, 0.5) is 4.39 Å². The van der Waals surface area contributed by atoms with Gasteiger partial charge in [-0.15, -0.1) is 5.10 Å². The first kappa shape index (κ1) is 16.5. The number of ether oxygens (including phenoxy) is 1. The fourth-order valence-corrected chi connectivity index (χ4v) is 2.44. The summed E-state index contributed by atoms with van der Waals surface area (Å²) in [6, 6.07) is 5.42. The molecule has 2 heterocycles. The van der Waals surface area contributed by atoms with Crippen molar-refractivity contribution in [1.29, 1.82) is 0 Å². The van der Waals surface area contributed by atoms with Crippen molar-refractivity contribution < 1.29 is 34.3 Å². The van der Waals surface area contributed by atoms with Crippen molar-refractivity contribution in [2.24, 2.45) is 0 Å². The van der Waals surface area contributed by atoms with Gasteiger partial charge in [-0.05, 0) is 24.3 Å². The van der Waals surface area contributed by atoms with E-state index in [0.717, 1.165) is 4.68 Å². The van der Waals surface area contributed by atoms with Gasteiger partial charge in [0.05, 0.1) is 6.20 Å². The number of carboxylic acids is 1. The molecule has 0 spiro atoms. The lowest BCUT2D eigenvalue weighted by Crippen LogP contribution is -2.57. The predicted molar refractivity (Wildman–Crippen MR) is 75.0 cm³/mol. The monoisotopic (exact) mass is 339 g/mol. The van der Waals surface area contributed by atoms with Crippen LogP contribution in [0.3, 0.4) is 0 Å².